The van der Waals surface area contributed by atoms with Crippen molar-refractivity contribution < 1.29 is 9.50 Å². The summed E-state index contributed by atoms with van der Waals surface area (Å²) < 4.78 is 19.3. The van der Waals surface area contributed by atoms with Crippen LogP contribution in [-0.4, -0.2) is 45.3 Å². The molecule has 10 nitrogen and oxygen atoms in total. The second kappa shape index (κ2) is 9.26. The first-order valence-corrected chi connectivity index (χ1v) is 13.3. The molecule has 0 aliphatic carbocycles. The molecular formula is C25H18BrFN8O2S. The van der Waals surface area contributed by atoms with E-state index in [-0.39, 0.29) is 29.4 Å². The molecular weight excluding hydrogens is 575 g/mol. The van der Waals surface area contributed by atoms with E-state index in [1.807, 2.05) is 30.5 Å². The molecule has 6 rings (SSSR count). The smallest absolute Gasteiger partial charge is 0.283 e. The van der Waals surface area contributed by atoms with Crippen molar-refractivity contribution in [2.24, 2.45) is 0 Å². The number of phenols is 1. The first-order chi connectivity index (χ1) is 18.3. The Morgan fingerprint density at radius 1 is 1.13 bits per heavy atom. The minimum atomic E-state index is -0.633. The molecule has 2 aromatic carbocycles. The number of aromatic nitrogens is 7. The molecule has 4 aromatic heterocycles. The number of aromatic hydroxyl groups is 1. The number of fused-ring (bicyclic) bond motifs is 2. The number of nitrogens with zero attached hydrogens (tertiary/aromatic N) is 7. The Labute approximate surface area is 226 Å². The van der Waals surface area contributed by atoms with Crippen LogP contribution >= 0.6 is 27.7 Å². The molecule has 0 spiro atoms. The first-order valence-electron chi connectivity index (χ1n) is 11.2. The van der Waals surface area contributed by atoms with Crippen molar-refractivity contribution in [3.8, 4) is 22.7 Å². The van der Waals surface area contributed by atoms with Gasteiger partial charge in [-0.2, -0.15) is 10.2 Å². The number of halogens is 2. The second-order valence-corrected chi connectivity index (χ2v) is 10.1. The van der Waals surface area contributed by atoms with Gasteiger partial charge in [-0.1, -0.05) is 6.07 Å². The predicted octanol–water partition coefficient (Wildman–Crippen LogP) is 4.25. The van der Waals surface area contributed by atoms with Gasteiger partial charge in [0, 0.05) is 22.7 Å². The van der Waals surface area contributed by atoms with Crippen LogP contribution in [-0.2, 0) is 6.54 Å². The quantitative estimate of drug-likeness (QED) is 0.284. The summed E-state index contributed by atoms with van der Waals surface area (Å²) in [6.45, 7) is 0.0265. The van der Waals surface area contributed by atoms with E-state index in [1.165, 1.54) is 32.2 Å². The Morgan fingerprint density at radius 2 is 1.97 bits per heavy atom. The number of nitrogen functional groups attached to an aromatic ring is 1. The van der Waals surface area contributed by atoms with E-state index in [0.29, 0.717) is 38.1 Å². The van der Waals surface area contributed by atoms with Gasteiger partial charge in [-0.25, -0.2) is 23.6 Å². The highest BCUT2D eigenvalue weighted by Gasteiger charge is 2.22. The van der Waals surface area contributed by atoms with Crippen molar-refractivity contribution in [2.45, 2.75) is 11.4 Å². The maximum Gasteiger partial charge on any atom is 0.283 e. The van der Waals surface area contributed by atoms with E-state index in [4.69, 9.17) is 10.8 Å². The maximum absolute atomic E-state index is 14.2. The van der Waals surface area contributed by atoms with Crippen molar-refractivity contribution in [3.63, 3.8) is 0 Å². The summed E-state index contributed by atoms with van der Waals surface area (Å²) in [7, 11) is 0. The molecule has 0 radical (unpaired) electrons. The maximum atomic E-state index is 14.2. The van der Waals surface area contributed by atoms with Crippen molar-refractivity contribution >= 4 is 50.1 Å². The van der Waals surface area contributed by atoms with Crippen LogP contribution in [0.15, 0.2) is 75.2 Å². The minimum Gasteiger partial charge on any atom is -0.508 e. The van der Waals surface area contributed by atoms with Crippen molar-refractivity contribution in [2.75, 3.05) is 12.0 Å². The van der Waals surface area contributed by atoms with Gasteiger partial charge in [0.1, 0.15) is 41.5 Å². The topological polar surface area (TPSA) is 129 Å². The van der Waals surface area contributed by atoms with Crippen molar-refractivity contribution in [1.82, 2.24) is 33.9 Å². The fourth-order valence-electron chi connectivity index (χ4n) is 4.38. The number of hydrogen-bond donors (Lipinski definition) is 2. The van der Waals surface area contributed by atoms with Crippen LogP contribution in [0.2, 0.25) is 0 Å². The number of hydrogen-bond acceptors (Lipinski definition) is 8. The fourth-order valence-corrected chi connectivity index (χ4v) is 5.30. The Hall–Kier alpha value is -4.23. The van der Waals surface area contributed by atoms with E-state index < -0.39 is 5.82 Å². The predicted molar refractivity (Wildman–Crippen MR) is 146 cm³/mol. The molecule has 0 saturated carbocycles. The van der Waals surface area contributed by atoms with Crippen LogP contribution in [0.3, 0.4) is 0 Å². The van der Waals surface area contributed by atoms with Gasteiger partial charge in [0.2, 0.25) is 0 Å². The highest BCUT2D eigenvalue weighted by molar-refractivity contribution is 9.10. The molecule has 0 saturated heterocycles. The molecule has 0 fully saturated rings. The average molecular weight is 593 g/mol. The molecule has 38 heavy (non-hydrogen) atoms. The molecule has 0 aliphatic heterocycles. The summed E-state index contributed by atoms with van der Waals surface area (Å²) in [6, 6.07) is 13.0. The number of phenolic OH excluding ortho intramolecular Hbond substituents is 1. The lowest BCUT2D eigenvalue weighted by Gasteiger charge is -2.14. The number of rotatable bonds is 5. The third kappa shape index (κ3) is 4.00. The van der Waals surface area contributed by atoms with Gasteiger partial charge in [-0.05, 0) is 58.6 Å². The molecule has 0 bridgehead atoms. The van der Waals surface area contributed by atoms with E-state index in [2.05, 4.69) is 31.0 Å². The van der Waals surface area contributed by atoms with Crippen LogP contribution in [0.4, 0.5) is 10.2 Å². The van der Waals surface area contributed by atoms with E-state index >= 15 is 0 Å². The third-order valence-corrected chi connectivity index (χ3v) is 7.39. The summed E-state index contributed by atoms with van der Waals surface area (Å²) in [5.74, 6) is -0.376. The van der Waals surface area contributed by atoms with Crippen molar-refractivity contribution in [1.29, 1.82) is 0 Å². The van der Waals surface area contributed by atoms with Gasteiger partial charge >= 0.3 is 0 Å². The molecule has 0 unspecified atom stereocenters. The molecule has 6 aromatic rings. The number of nitrogens with two attached hydrogens (primary N) is 1. The van der Waals surface area contributed by atoms with Gasteiger partial charge < -0.3 is 10.8 Å². The Bertz CT molecular complexity index is 1910. The molecule has 13 heteroatoms. The van der Waals surface area contributed by atoms with Gasteiger partial charge in [0.15, 0.2) is 11.5 Å². The molecule has 0 atom stereocenters. The molecule has 0 aliphatic rings. The lowest BCUT2D eigenvalue weighted by molar-refractivity contribution is 0.469. The lowest BCUT2D eigenvalue weighted by Crippen LogP contribution is -2.28. The van der Waals surface area contributed by atoms with Crippen LogP contribution in [0.25, 0.3) is 33.5 Å². The molecule has 3 N–H and O–H groups in total. The molecule has 0 amide bonds. The monoisotopic (exact) mass is 592 g/mol. The lowest BCUT2D eigenvalue weighted by atomic mass is 10.1. The second-order valence-electron chi connectivity index (χ2n) is 8.38. The van der Waals surface area contributed by atoms with Crippen molar-refractivity contribution in [3.05, 3.63) is 87.5 Å². The first kappa shape index (κ1) is 24.1. The highest BCUT2D eigenvalue weighted by atomic mass is 79.9. The number of anilines is 1. The van der Waals surface area contributed by atoms with Gasteiger partial charge in [-0.15, -0.1) is 11.8 Å². The van der Waals surface area contributed by atoms with E-state index in [9.17, 15) is 14.3 Å². The van der Waals surface area contributed by atoms with E-state index in [1.54, 1.807) is 24.0 Å². The van der Waals surface area contributed by atoms with Crippen LogP contribution < -0.4 is 11.3 Å². The average Bonchev–Trinajstić information content (AvgIpc) is 3.45. The largest absolute Gasteiger partial charge is 0.508 e. The van der Waals surface area contributed by atoms with Crippen LogP contribution in [0, 0.1) is 5.82 Å². The minimum absolute atomic E-state index is 0.0265. The molecule has 4 heterocycles. The highest BCUT2D eigenvalue weighted by Crippen LogP contribution is 2.33. The van der Waals surface area contributed by atoms with Crippen LogP contribution in [0.1, 0.15) is 5.82 Å². The van der Waals surface area contributed by atoms with Crippen LogP contribution in [0.5, 0.6) is 5.75 Å². The Kier molecular flexibility index (Phi) is 5.88. The van der Waals surface area contributed by atoms with Gasteiger partial charge in [0.05, 0.1) is 15.5 Å². The number of benzene rings is 2. The summed E-state index contributed by atoms with van der Waals surface area (Å²) in [6.07, 6.45) is 4.95. The van der Waals surface area contributed by atoms with E-state index in [0.717, 1.165) is 11.0 Å². The number of thioether (sulfide) groups is 1. The summed E-state index contributed by atoms with van der Waals surface area (Å²) in [5, 5.41) is 19.8. The summed E-state index contributed by atoms with van der Waals surface area (Å²) >= 11 is 5.01. The normalized spacial score (nSPS) is 11.6. The Balaban J connectivity index is 1.60. The zero-order valence-corrected chi connectivity index (χ0v) is 22.1. The van der Waals surface area contributed by atoms with Gasteiger partial charge in [-0.3, -0.25) is 9.36 Å². The Morgan fingerprint density at radius 3 is 2.76 bits per heavy atom. The molecule has 190 valence electrons. The standard InChI is InChI=1S/C25H18BrFN8O2S/c1-38-17-4-2-3-15(10-17)35-19(31-33-6-5-18(26)22(33)25(35)37)11-34-24-20(23(28)29-12-30-24)21(32-34)13-7-14(27)9-16(36)8-13/h2-10,12,36H,11H2,1H3,(H2,28,29,30). The fraction of sp³-hybridized carbons (Fsp3) is 0.0800. The summed E-state index contributed by atoms with van der Waals surface area (Å²) in [4.78, 5) is 23.2. The third-order valence-electron chi connectivity index (χ3n) is 6.02. The zero-order valence-electron chi connectivity index (χ0n) is 19.7. The SMILES string of the molecule is CSc1cccc(-n2c(Cn3nc(-c4cc(O)cc(F)c4)c4c(N)ncnc43)nn3ccc(Br)c3c2=O)c1. The van der Waals surface area contributed by atoms with Gasteiger partial charge in [0.25, 0.3) is 5.56 Å². The zero-order chi connectivity index (χ0) is 26.6. The summed E-state index contributed by atoms with van der Waals surface area (Å²) in [5.41, 5.74) is 7.89.